The van der Waals surface area contributed by atoms with Crippen LogP contribution in [0.25, 0.3) is 5.52 Å². The molecule has 4 rings (SSSR count). The molecule has 0 bridgehead atoms. The first kappa shape index (κ1) is 20.6. The van der Waals surface area contributed by atoms with Gasteiger partial charge in [0.2, 0.25) is 5.88 Å². The highest BCUT2D eigenvalue weighted by Crippen LogP contribution is 2.34. The van der Waals surface area contributed by atoms with Crippen LogP contribution in [0.4, 0.5) is 5.69 Å². The lowest BCUT2D eigenvalue weighted by atomic mass is 10.3. The van der Waals surface area contributed by atoms with Crippen LogP contribution in [-0.2, 0) is 0 Å². The molecule has 1 saturated carbocycles. The summed E-state index contributed by atoms with van der Waals surface area (Å²) >= 11 is 11.7. The molecule has 1 atom stereocenters. The van der Waals surface area contributed by atoms with Crippen molar-refractivity contribution >= 4 is 40.1 Å². The number of fused-ring (bicyclic) bond motifs is 1. The van der Waals surface area contributed by atoms with Crippen LogP contribution in [-0.4, -0.2) is 43.6 Å². The van der Waals surface area contributed by atoms with Crippen LogP contribution in [0.15, 0.2) is 30.7 Å². The van der Waals surface area contributed by atoms with Gasteiger partial charge in [-0.1, -0.05) is 11.6 Å². The summed E-state index contributed by atoms with van der Waals surface area (Å²) in [6.07, 6.45) is 4.84. The van der Waals surface area contributed by atoms with Crippen molar-refractivity contribution in [2.45, 2.75) is 38.8 Å². The normalized spacial score (nSPS) is 14.4. The van der Waals surface area contributed by atoms with E-state index < -0.39 is 6.10 Å². The average Bonchev–Trinajstić information content (AvgIpc) is 3.44. The number of aromatic nitrogens is 3. The summed E-state index contributed by atoms with van der Waals surface area (Å²) in [5.41, 5.74) is 2.18. The molecule has 1 unspecified atom stereocenters. The molecule has 3 aromatic rings. The number of nitrogens with one attached hydrogen (secondary N) is 2. The highest BCUT2D eigenvalue weighted by atomic mass is 35.5. The van der Waals surface area contributed by atoms with E-state index in [9.17, 15) is 5.11 Å². The number of nitrogens with zero attached hydrogens (tertiary/aromatic N) is 3. The summed E-state index contributed by atoms with van der Waals surface area (Å²) < 4.78 is 13.3. The van der Waals surface area contributed by atoms with Crippen LogP contribution >= 0.6 is 23.8 Å². The van der Waals surface area contributed by atoms with Gasteiger partial charge in [0.05, 0.1) is 23.0 Å². The minimum absolute atomic E-state index is 0.183. The second-order valence-electron chi connectivity index (χ2n) is 7.25. The van der Waals surface area contributed by atoms with E-state index in [-0.39, 0.29) is 6.61 Å². The summed E-state index contributed by atoms with van der Waals surface area (Å²) in [6.45, 7) is 3.73. The monoisotopic (exact) mass is 447 g/mol. The van der Waals surface area contributed by atoms with Crippen molar-refractivity contribution in [1.29, 1.82) is 0 Å². The lowest BCUT2D eigenvalue weighted by molar-refractivity contribution is 0.122. The smallest absolute Gasteiger partial charge is 0.247 e. The van der Waals surface area contributed by atoms with Gasteiger partial charge < -0.3 is 25.2 Å². The Kier molecular flexibility index (Phi) is 5.94. The molecular formula is C20H22ClN5O3S. The van der Waals surface area contributed by atoms with Crippen molar-refractivity contribution in [2.24, 2.45) is 0 Å². The third kappa shape index (κ3) is 4.75. The molecule has 1 aliphatic carbocycles. The molecule has 1 fully saturated rings. The number of anilines is 1. The minimum atomic E-state index is -0.573. The van der Waals surface area contributed by atoms with Gasteiger partial charge in [0.15, 0.2) is 5.11 Å². The van der Waals surface area contributed by atoms with Crippen LogP contribution in [0.1, 0.15) is 25.3 Å². The number of hydrogen-bond acceptors (Lipinski definition) is 6. The number of aryl methyl sites for hydroxylation is 1. The summed E-state index contributed by atoms with van der Waals surface area (Å²) in [7, 11) is 0. The average molecular weight is 448 g/mol. The summed E-state index contributed by atoms with van der Waals surface area (Å²) in [5.74, 6) is 1.51. The van der Waals surface area contributed by atoms with Gasteiger partial charge in [0.1, 0.15) is 29.9 Å². The standard InChI is InChI=1S/C20H22ClN5O3S/c1-11(27)9-28-17-8-26-18(12(17)2)19(22-10-23-26)29-14-5-6-16(15(21)7-14)25-20(30)24-13-3-4-13/h5-8,10-11,13,27H,3-4,9H2,1-2H3,(H2,24,25,30). The molecule has 2 aromatic heterocycles. The molecule has 0 saturated heterocycles. The second kappa shape index (κ2) is 8.63. The van der Waals surface area contributed by atoms with Crippen LogP contribution in [0, 0.1) is 6.92 Å². The molecule has 30 heavy (non-hydrogen) atoms. The van der Waals surface area contributed by atoms with Gasteiger partial charge in [-0.3, -0.25) is 0 Å². The third-order valence-corrected chi connectivity index (χ3v) is 5.08. The largest absolute Gasteiger partial charge is 0.489 e. The molecule has 0 aliphatic heterocycles. The molecule has 1 aromatic carbocycles. The Morgan fingerprint density at radius 2 is 2.23 bits per heavy atom. The van der Waals surface area contributed by atoms with Crippen molar-refractivity contribution in [3.05, 3.63) is 41.3 Å². The Morgan fingerprint density at radius 1 is 1.43 bits per heavy atom. The number of hydrogen-bond donors (Lipinski definition) is 3. The summed E-state index contributed by atoms with van der Waals surface area (Å²) in [5, 5.41) is 21.0. The van der Waals surface area contributed by atoms with E-state index in [0.29, 0.717) is 44.8 Å². The number of thiocarbonyl (C=S) groups is 1. The van der Waals surface area contributed by atoms with Crippen LogP contribution in [0.2, 0.25) is 5.02 Å². The lowest BCUT2D eigenvalue weighted by Gasteiger charge is -2.12. The topological polar surface area (TPSA) is 92.9 Å². The Morgan fingerprint density at radius 3 is 2.93 bits per heavy atom. The van der Waals surface area contributed by atoms with Crippen molar-refractivity contribution in [1.82, 2.24) is 19.9 Å². The Labute approximate surface area is 184 Å². The van der Waals surface area contributed by atoms with Crippen LogP contribution < -0.4 is 20.1 Å². The summed E-state index contributed by atoms with van der Waals surface area (Å²) in [4.78, 5) is 4.26. The van der Waals surface area contributed by atoms with Gasteiger partial charge in [-0.15, -0.1) is 0 Å². The fraction of sp³-hybridized carbons (Fsp3) is 0.350. The number of rotatable bonds is 7. The highest BCUT2D eigenvalue weighted by Gasteiger charge is 2.22. The van der Waals surface area contributed by atoms with Gasteiger partial charge in [0.25, 0.3) is 0 Å². The van der Waals surface area contributed by atoms with E-state index in [1.807, 2.05) is 6.92 Å². The zero-order valence-corrected chi connectivity index (χ0v) is 18.1. The fourth-order valence-corrected chi connectivity index (χ4v) is 3.37. The van der Waals surface area contributed by atoms with E-state index in [0.717, 1.165) is 18.4 Å². The predicted octanol–water partition coefficient (Wildman–Crippen LogP) is 3.69. The van der Waals surface area contributed by atoms with Gasteiger partial charge in [-0.25, -0.2) is 4.52 Å². The first-order valence-electron chi connectivity index (χ1n) is 9.59. The first-order chi connectivity index (χ1) is 14.4. The SMILES string of the molecule is Cc1c(OCC(C)O)cn2ncnc(Oc3ccc(NC(=S)NC4CC4)c(Cl)c3)c12. The number of benzene rings is 1. The van der Waals surface area contributed by atoms with Crippen molar-refractivity contribution < 1.29 is 14.6 Å². The molecule has 0 radical (unpaired) electrons. The molecule has 1 aliphatic rings. The fourth-order valence-electron chi connectivity index (χ4n) is 2.88. The molecule has 0 spiro atoms. The quantitative estimate of drug-likeness (QED) is 0.472. The lowest BCUT2D eigenvalue weighted by Crippen LogP contribution is -2.30. The zero-order chi connectivity index (χ0) is 21.3. The molecule has 158 valence electrons. The Bertz CT molecular complexity index is 1080. The number of aliphatic hydroxyl groups excluding tert-OH is 1. The molecule has 8 nitrogen and oxygen atoms in total. The Hall–Kier alpha value is -2.62. The molecule has 2 heterocycles. The maximum atomic E-state index is 9.46. The molecule has 0 amide bonds. The first-order valence-corrected chi connectivity index (χ1v) is 10.4. The number of halogens is 1. The van der Waals surface area contributed by atoms with Crippen LogP contribution in [0.5, 0.6) is 17.4 Å². The highest BCUT2D eigenvalue weighted by molar-refractivity contribution is 7.80. The van der Waals surface area contributed by atoms with Gasteiger partial charge >= 0.3 is 0 Å². The van der Waals surface area contributed by atoms with E-state index in [1.165, 1.54) is 6.33 Å². The van der Waals surface area contributed by atoms with Crippen molar-refractivity contribution in [3.63, 3.8) is 0 Å². The molecule has 10 heteroatoms. The number of aliphatic hydroxyl groups is 1. The van der Waals surface area contributed by atoms with E-state index >= 15 is 0 Å². The van der Waals surface area contributed by atoms with E-state index in [1.54, 1.807) is 35.8 Å². The minimum Gasteiger partial charge on any atom is -0.489 e. The predicted molar refractivity (Wildman–Crippen MR) is 119 cm³/mol. The zero-order valence-electron chi connectivity index (χ0n) is 16.6. The van der Waals surface area contributed by atoms with Crippen molar-refractivity contribution in [2.75, 3.05) is 11.9 Å². The van der Waals surface area contributed by atoms with Crippen LogP contribution in [0.3, 0.4) is 0 Å². The van der Waals surface area contributed by atoms with Gasteiger partial charge in [-0.05, 0) is 51.0 Å². The molecular weight excluding hydrogens is 426 g/mol. The number of ether oxygens (including phenoxy) is 2. The van der Waals surface area contributed by atoms with Gasteiger partial charge in [-0.2, -0.15) is 10.1 Å². The maximum Gasteiger partial charge on any atom is 0.247 e. The summed E-state index contributed by atoms with van der Waals surface area (Å²) in [6, 6.07) is 5.76. The van der Waals surface area contributed by atoms with Crippen molar-refractivity contribution in [3.8, 4) is 17.4 Å². The third-order valence-electron chi connectivity index (χ3n) is 4.54. The second-order valence-corrected chi connectivity index (χ2v) is 8.07. The van der Waals surface area contributed by atoms with Gasteiger partial charge in [0, 0.05) is 17.7 Å². The molecule has 3 N–H and O–H groups in total. The van der Waals surface area contributed by atoms with E-state index in [2.05, 4.69) is 20.7 Å². The van der Waals surface area contributed by atoms with E-state index in [4.69, 9.17) is 33.3 Å². The Balaban J connectivity index is 1.53. The maximum absolute atomic E-state index is 9.46.